The van der Waals surface area contributed by atoms with Gasteiger partial charge in [-0.2, -0.15) is 0 Å². The van der Waals surface area contributed by atoms with E-state index in [4.69, 9.17) is 5.73 Å². The Hall–Kier alpha value is -1.13. The highest BCUT2D eigenvalue weighted by Gasteiger charge is 2.18. The van der Waals surface area contributed by atoms with Crippen molar-refractivity contribution in [1.29, 1.82) is 0 Å². The number of nitrogens with two attached hydrogens (primary N) is 1. The minimum Gasteiger partial charge on any atom is -0.375 e. The van der Waals surface area contributed by atoms with Gasteiger partial charge in [-0.3, -0.25) is 4.90 Å². The van der Waals surface area contributed by atoms with Crippen LogP contribution < -0.4 is 5.73 Å². The van der Waals surface area contributed by atoms with Gasteiger partial charge < -0.3 is 5.73 Å². The van der Waals surface area contributed by atoms with Crippen molar-refractivity contribution < 1.29 is 0 Å². The Bertz CT molecular complexity index is 543. The summed E-state index contributed by atoms with van der Waals surface area (Å²) < 4.78 is 1.20. The quantitative estimate of drug-likeness (QED) is 0.900. The molecular weight excluding hydrogens is 242 g/mol. The molecule has 18 heavy (non-hydrogen) atoms. The van der Waals surface area contributed by atoms with Gasteiger partial charge in [0.2, 0.25) is 0 Å². The van der Waals surface area contributed by atoms with Crippen LogP contribution in [0.15, 0.2) is 18.2 Å². The SMILES string of the molecule is CC(c1ccc2nc(N)sc2c1)N1CCCCC1. The van der Waals surface area contributed by atoms with E-state index in [1.807, 2.05) is 0 Å². The Morgan fingerprint density at radius 3 is 2.83 bits per heavy atom. The second-order valence-electron chi connectivity index (χ2n) is 5.05. The third kappa shape index (κ3) is 2.22. The van der Waals surface area contributed by atoms with E-state index in [2.05, 4.69) is 35.0 Å². The average molecular weight is 261 g/mol. The Morgan fingerprint density at radius 2 is 2.06 bits per heavy atom. The van der Waals surface area contributed by atoms with Crippen LogP contribution in [0.4, 0.5) is 5.13 Å². The second kappa shape index (κ2) is 4.86. The molecule has 1 unspecified atom stereocenters. The van der Waals surface area contributed by atoms with E-state index >= 15 is 0 Å². The van der Waals surface area contributed by atoms with Crippen LogP contribution in [0.1, 0.15) is 37.8 Å². The van der Waals surface area contributed by atoms with E-state index in [9.17, 15) is 0 Å². The molecule has 3 rings (SSSR count). The largest absolute Gasteiger partial charge is 0.375 e. The molecule has 4 heteroatoms. The van der Waals surface area contributed by atoms with Gasteiger partial charge >= 0.3 is 0 Å². The number of rotatable bonds is 2. The summed E-state index contributed by atoms with van der Waals surface area (Å²) in [5.74, 6) is 0. The van der Waals surface area contributed by atoms with E-state index in [0.29, 0.717) is 11.2 Å². The highest BCUT2D eigenvalue weighted by Crippen LogP contribution is 2.30. The maximum atomic E-state index is 5.76. The van der Waals surface area contributed by atoms with E-state index in [1.54, 1.807) is 11.3 Å². The van der Waals surface area contributed by atoms with Gasteiger partial charge in [0.15, 0.2) is 5.13 Å². The van der Waals surface area contributed by atoms with Crippen LogP contribution in [0.25, 0.3) is 10.2 Å². The van der Waals surface area contributed by atoms with Crippen molar-refractivity contribution in [1.82, 2.24) is 9.88 Å². The minimum absolute atomic E-state index is 0.498. The number of piperidine rings is 1. The zero-order chi connectivity index (χ0) is 12.5. The summed E-state index contributed by atoms with van der Waals surface area (Å²) >= 11 is 1.58. The lowest BCUT2D eigenvalue weighted by atomic mass is 10.0. The van der Waals surface area contributed by atoms with Crippen LogP contribution in [-0.4, -0.2) is 23.0 Å². The van der Waals surface area contributed by atoms with Gasteiger partial charge in [-0.05, 0) is 50.6 Å². The summed E-state index contributed by atoms with van der Waals surface area (Å²) in [6.45, 7) is 4.75. The maximum absolute atomic E-state index is 5.76. The Labute approximate surface area is 112 Å². The molecule has 0 saturated carbocycles. The lowest BCUT2D eigenvalue weighted by Crippen LogP contribution is -2.32. The van der Waals surface area contributed by atoms with Gasteiger partial charge in [0.1, 0.15) is 0 Å². The average Bonchev–Trinajstić information content (AvgIpc) is 2.78. The fraction of sp³-hybridized carbons (Fsp3) is 0.500. The fourth-order valence-corrected chi connectivity index (χ4v) is 3.52. The second-order valence-corrected chi connectivity index (χ2v) is 6.11. The number of anilines is 1. The third-order valence-electron chi connectivity index (χ3n) is 3.85. The van der Waals surface area contributed by atoms with E-state index in [0.717, 1.165) is 5.52 Å². The van der Waals surface area contributed by atoms with Crippen molar-refractivity contribution in [3.05, 3.63) is 23.8 Å². The summed E-state index contributed by atoms with van der Waals surface area (Å²) in [7, 11) is 0. The number of hydrogen-bond acceptors (Lipinski definition) is 4. The van der Waals surface area contributed by atoms with Crippen LogP contribution in [-0.2, 0) is 0 Å². The first kappa shape index (κ1) is 11.9. The highest BCUT2D eigenvalue weighted by atomic mass is 32.1. The van der Waals surface area contributed by atoms with Crippen molar-refractivity contribution in [3.8, 4) is 0 Å². The van der Waals surface area contributed by atoms with E-state index in [1.165, 1.54) is 42.6 Å². The number of likely N-dealkylation sites (tertiary alicyclic amines) is 1. The molecule has 1 atom stereocenters. The molecule has 0 amide bonds. The van der Waals surface area contributed by atoms with Crippen LogP contribution in [0.5, 0.6) is 0 Å². The van der Waals surface area contributed by atoms with E-state index in [-0.39, 0.29) is 0 Å². The summed E-state index contributed by atoms with van der Waals surface area (Å²) in [5, 5.41) is 0.660. The number of aromatic nitrogens is 1. The predicted molar refractivity (Wildman–Crippen MR) is 77.9 cm³/mol. The van der Waals surface area contributed by atoms with Crippen molar-refractivity contribution in [2.45, 2.75) is 32.2 Å². The Balaban J connectivity index is 1.88. The van der Waals surface area contributed by atoms with Crippen LogP contribution in [0, 0.1) is 0 Å². The fourth-order valence-electron chi connectivity index (χ4n) is 2.74. The lowest BCUT2D eigenvalue weighted by Gasteiger charge is -2.32. The standard InChI is InChI=1S/C14H19N3S/c1-10(17-7-3-2-4-8-17)11-5-6-12-13(9-11)18-14(15)16-12/h5-6,9-10H,2-4,7-8H2,1H3,(H2,15,16). The molecule has 3 nitrogen and oxygen atoms in total. The number of hydrogen-bond donors (Lipinski definition) is 1. The zero-order valence-electron chi connectivity index (χ0n) is 10.7. The molecule has 2 heterocycles. The summed E-state index contributed by atoms with van der Waals surface area (Å²) in [4.78, 5) is 6.89. The molecule has 96 valence electrons. The maximum Gasteiger partial charge on any atom is 0.181 e. The molecule has 1 aliphatic heterocycles. The van der Waals surface area contributed by atoms with Gasteiger partial charge in [0, 0.05) is 6.04 Å². The molecular formula is C14H19N3S. The van der Waals surface area contributed by atoms with Crippen molar-refractivity contribution >= 4 is 26.7 Å². The number of nitrogens with zero attached hydrogens (tertiary/aromatic N) is 2. The van der Waals surface area contributed by atoms with Crippen LogP contribution >= 0.6 is 11.3 Å². The van der Waals surface area contributed by atoms with Gasteiger partial charge in [-0.25, -0.2) is 4.98 Å². The molecule has 1 saturated heterocycles. The molecule has 1 aromatic carbocycles. The number of benzene rings is 1. The molecule has 2 aromatic rings. The molecule has 2 N–H and O–H groups in total. The summed E-state index contributed by atoms with van der Waals surface area (Å²) in [5.41, 5.74) is 8.16. The topological polar surface area (TPSA) is 42.1 Å². The molecule has 0 spiro atoms. The van der Waals surface area contributed by atoms with E-state index < -0.39 is 0 Å². The smallest absolute Gasteiger partial charge is 0.181 e. The summed E-state index contributed by atoms with van der Waals surface area (Å²) in [6.07, 6.45) is 4.05. The highest BCUT2D eigenvalue weighted by molar-refractivity contribution is 7.22. The zero-order valence-corrected chi connectivity index (χ0v) is 11.5. The molecule has 1 aromatic heterocycles. The monoisotopic (exact) mass is 261 g/mol. The summed E-state index contributed by atoms with van der Waals surface area (Å²) in [6, 6.07) is 7.04. The van der Waals surface area contributed by atoms with Crippen molar-refractivity contribution in [3.63, 3.8) is 0 Å². The molecule has 0 bridgehead atoms. The normalized spacial score (nSPS) is 19.2. The molecule has 0 aliphatic carbocycles. The Kier molecular flexibility index (Phi) is 3.22. The first-order chi connectivity index (χ1) is 8.74. The first-order valence-corrected chi connectivity index (χ1v) is 7.46. The Morgan fingerprint density at radius 1 is 1.28 bits per heavy atom. The number of nitrogen functional groups attached to an aromatic ring is 1. The number of fused-ring (bicyclic) bond motifs is 1. The van der Waals surface area contributed by atoms with Crippen molar-refractivity contribution in [2.75, 3.05) is 18.8 Å². The van der Waals surface area contributed by atoms with Crippen LogP contribution in [0.2, 0.25) is 0 Å². The molecule has 1 aliphatic rings. The third-order valence-corrected chi connectivity index (χ3v) is 4.70. The molecule has 0 radical (unpaired) electrons. The lowest BCUT2D eigenvalue weighted by molar-refractivity contribution is 0.175. The van der Waals surface area contributed by atoms with Gasteiger partial charge in [-0.15, -0.1) is 0 Å². The van der Waals surface area contributed by atoms with Crippen LogP contribution in [0.3, 0.4) is 0 Å². The van der Waals surface area contributed by atoms with Gasteiger partial charge in [0.25, 0.3) is 0 Å². The van der Waals surface area contributed by atoms with Crippen molar-refractivity contribution in [2.24, 2.45) is 0 Å². The minimum atomic E-state index is 0.498. The predicted octanol–water partition coefficient (Wildman–Crippen LogP) is 3.43. The van der Waals surface area contributed by atoms with Gasteiger partial charge in [-0.1, -0.05) is 23.8 Å². The van der Waals surface area contributed by atoms with Gasteiger partial charge in [0.05, 0.1) is 10.2 Å². The molecule has 1 fully saturated rings. The first-order valence-electron chi connectivity index (χ1n) is 6.64. The number of thiazole rings is 1.